The maximum atomic E-state index is 12.5. The molecule has 0 N–H and O–H groups in total. The van der Waals surface area contributed by atoms with Gasteiger partial charge in [0, 0.05) is 18.0 Å². The summed E-state index contributed by atoms with van der Waals surface area (Å²) in [5, 5.41) is 1.76. The monoisotopic (exact) mass is 309 g/mol. The van der Waals surface area contributed by atoms with E-state index >= 15 is 0 Å². The lowest BCUT2D eigenvalue weighted by Gasteiger charge is -2.34. The standard InChI is InChI=1S/C11H16ClNO3S2/c1-8-6-13(7-9(2)16-8)18(14,15)11-3-4-17-10(11)5-12/h3-4,8-9H,5-7H2,1-2H3. The van der Waals surface area contributed by atoms with E-state index in [0.717, 1.165) is 0 Å². The van der Waals surface area contributed by atoms with Crippen molar-refractivity contribution in [2.75, 3.05) is 13.1 Å². The van der Waals surface area contributed by atoms with Crippen LogP contribution in [0.1, 0.15) is 18.7 Å². The molecule has 0 aliphatic carbocycles. The molecule has 1 aliphatic rings. The van der Waals surface area contributed by atoms with Gasteiger partial charge < -0.3 is 4.74 Å². The van der Waals surface area contributed by atoms with Crippen LogP contribution in [0.5, 0.6) is 0 Å². The summed E-state index contributed by atoms with van der Waals surface area (Å²) in [6.45, 7) is 4.55. The Morgan fingerprint density at radius 1 is 1.44 bits per heavy atom. The van der Waals surface area contributed by atoms with Gasteiger partial charge in [-0.15, -0.1) is 22.9 Å². The average molecular weight is 310 g/mol. The molecular weight excluding hydrogens is 294 g/mol. The average Bonchev–Trinajstić information content (AvgIpc) is 2.76. The number of nitrogens with zero attached hydrogens (tertiary/aromatic N) is 1. The first-order chi connectivity index (χ1) is 8.45. The minimum absolute atomic E-state index is 0.0818. The predicted octanol–water partition coefficient (Wildman–Crippen LogP) is 2.28. The molecule has 1 aromatic rings. The van der Waals surface area contributed by atoms with E-state index in [-0.39, 0.29) is 18.1 Å². The van der Waals surface area contributed by atoms with Crippen molar-refractivity contribution in [2.24, 2.45) is 0 Å². The van der Waals surface area contributed by atoms with Crippen molar-refractivity contribution in [1.29, 1.82) is 0 Å². The first-order valence-electron chi connectivity index (χ1n) is 5.73. The molecule has 1 aromatic heterocycles. The van der Waals surface area contributed by atoms with Crippen LogP contribution < -0.4 is 0 Å². The Kier molecular flexibility index (Phi) is 4.33. The van der Waals surface area contributed by atoms with Crippen molar-refractivity contribution in [1.82, 2.24) is 4.31 Å². The first-order valence-corrected chi connectivity index (χ1v) is 8.58. The van der Waals surface area contributed by atoms with Crippen molar-refractivity contribution in [3.05, 3.63) is 16.3 Å². The second kappa shape index (κ2) is 5.46. The third-order valence-electron chi connectivity index (χ3n) is 2.83. The molecule has 7 heteroatoms. The molecule has 1 saturated heterocycles. The van der Waals surface area contributed by atoms with Crippen molar-refractivity contribution in [3.63, 3.8) is 0 Å². The zero-order valence-electron chi connectivity index (χ0n) is 10.3. The number of hydrogen-bond acceptors (Lipinski definition) is 4. The largest absolute Gasteiger partial charge is 0.373 e. The summed E-state index contributed by atoms with van der Waals surface area (Å²) in [7, 11) is -3.45. The van der Waals surface area contributed by atoms with Gasteiger partial charge in [0.1, 0.15) is 0 Å². The second-order valence-corrected chi connectivity index (χ2v) is 7.60. The highest BCUT2D eigenvalue weighted by molar-refractivity contribution is 7.89. The number of rotatable bonds is 3. The zero-order chi connectivity index (χ0) is 13.3. The normalized spacial score (nSPS) is 26.4. The van der Waals surface area contributed by atoms with Crippen LogP contribution in [0.15, 0.2) is 16.3 Å². The Bertz CT molecular complexity index is 504. The number of halogens is 1. The number of morpholine rings is 1. The van der Waals surface area contributed by atoms with Gasteiger partial charge in [-0.05, 0) is 25.3 Å². The van der Waals surface area contributed by atoms with Gasteiger partial charge in [-0.2, -0.15) is 4.31 Å². The Hall–Kier alpha value is -0.140. The van der Waals surface area contributed by atoms with E-state index in [0.29, 0.717) is 22.9 Å². The van der Waals surface area contributed by atoms with Crippen LogP contribution in [-0.4, -0.2) is 38.0 Å². The number of sulfonamides is 1. The third-order valence-corrected chi connectivity index (χ3v) is 6.22. The molecule has 2 atom stereocenters. The van der Waals surface area contributed by atoms with Crippen LogP contribution in [0, 0.1) is 0 Å². The molecule has 18 heavy (non-hydrogen) atoms. The lowest BCUT2D eigenvalue weighted by Crippen LogP contribution is -2.48. The fourth-order valence-electron chi connectivity index (χ4n) is 2.12. The summed E-state index contributed by atoms with van der Waals surface area (Å²) in [4.78, 5) is 1.03. The molecule has 2 unspecified atom stereocenters. The van der Waals surface area contributed by atoms with Gasteiger partial charge in [-0.3, -0.25) is 0 Å². The van der Waals surface area contributed by atoms with E-state index in [1.165, 1.54) is 15.6 Å². The van der Waals surface area contributed by atoms with Crippen LogP contribution in [0.25, 0.3) is 0 Å². The fraction of sp³-hybridized carbons (Fsp3) is 0.636. The molecule has 0 saturated carbocycles. The lowest BCUT2D eigenvalue weighted by atomic mass is 10.3. The smallest absolute Gasteiger partial charge is 0.244 e. The summed E-state index contributed by atoms with van der Waals surface area (Å²) >= 11 is 7.15. The molecule has 1 aliphatic heterocycles. The van der Waals surface area contributed by atoms with Gasteiger partial charge >= 0.3 is 0 Å². The van der Waals surface area contributed by atoms with Crippen molar-refractivity contribution in [3.8, 4) is 0 Å². The van der Waals surface area contributed by atoms with Crippen LogP contribution in [0.3, 0.4) is 0 Å². The minimum Gasteiger partial charge on any atom is -0.373 e. The van der Waals surface area contributed by atoms with Crippen molar-refractivity contribution < 1.29 is 13.2 Å². The van der Waals surface area contributed by atoms with Crippen LogP contribution in [-0.2, 0) is 20.6 Å². The molecule has 2 heterocycles. The predicted molar refractivity (Wildman–Crippen MR) is 72.6 cm³/mol. The molecule has 0 bridgehead atoms. The number of hydrogen-bond donors (Lipinski definition) is 0. The van der Waals surface area contributed by atoms with Gasteiger partial charge in [-0.1, -0.05) is 0 Å². The van der Waals surface area contributed by atoms with Gasteiger partial charge in [-0.25, -0.2) is 8.42 Å². The van der Waals surface area contributed by atoms with Gasteiger partial charge in [0.05, 0.1) is 23.0 Å². The topological polar surface area (TPSA) is 46.6 Å². The maximum absolute atomic E-state index is 12.5. The van der Waals surface area contributed by atoms with Crippen LogP contribution in [0.4, 0.5) is 0 Å². The Morgan fingerprint density at radius 3 is 2.61 bits per heavy atom. The Morgan fingerprint density at radius 2 is 2.06 bits per heavy atom. The number of ether oxygens (including phenoxy) is 1. The highest BCUT2D eigenvalue weighted by Gasteiger charge is 2.33. The first kappa shape index (κ1) is 14.3. The third kappa shape index (κ3) is 2.72. The van der Waals surface area contributed by atoms with Crippen LogP contribution in [0.2, 0.25) is 0 Å². The quantitative estimate of drug-likeness (QED) is 0.805. The molecule has 0 amide bonds. The molecule has 4 nitrogen and oxygen atoms in total. The van der Waals surface area contributed by atoms with E-state index < -0.39 is 10.0 Å². The summed E-state index contributed by atoms with van der Waals surface area (Å²) in [6, 6.07) is 1.63. The van der Waals surface area contributed by atoms with Gasteiger partial charge in [0.15, 0.2) is 0 Å². The lowest BCUT2D eigenvalue weighted by molar-refractivity contribution is -0.0440. The Labute approximate surface area is 117 Å². The number of alkyl halides is 1. The summed E-state index contributed by atoms with van der Waals surface area (Å²) < 4.78 is 32.1. The van der Waals surface area contributed by atoms with E-state index in [9.17, 15) is 8.42 Å². The summed E-state index contributed by atoms with van der Waals surface area (Å²) in [6.07, 6.45) is -0.164. The van der Waals surface area contributed by atoms with Crippen molar-refractivity contribution >= 4 is 33.0 Å². The second-order valence-electron chi connectivity index (χ2n) is 4.42. The molecule has 0 spiro atoms. The fourth-order valence-corrected chi connectivity index (χ4v) is 5.39. The SMILES string of the molecule is CC1CN(S(=O)(=O)c2ccsc2CCl)CC(C)O1. The minimum atomic E-state index is -3.45. The van der Waals surface area contributed by atoms with Crippen LogP contribution >= 0.6 is 22.9 Å². The van der Waals surface area contributed by atoms with Gasteiger partial charge in [0.25, 0.3) is 0 Å². The van der Waals surface area contributed by atoms with Crippen molar-refractivity contribution in [2.45, 2.75) is 36.8 Å². The van der Waals surface area contributed by atoms with E-state index in [4.69, 9.17) is 16.3 Å². The summed E-state index contributed by atoms with van der Waals surface area (Å²) in [5.74, 6) is 0.224. The molecule has 1 fully saturated rings. The molecule has 0 radical (unpaired) electrons. The zero-order valence-corrected chi connectivity index (χ0v) is 12.7. The molecule has 2 rings (SSSR count). The molecule has 0 aromatic carbocycles. The Balaban J connectivity index is 2.31. The van der Waals surface area contributed by atoms with E-state index in [2.05, 4.69) is 0 Å². The van der Waals surface area contributed by atoms with E-state index in [1.807, 2.05) is 13.8 Å². The summed E-state index contributed by atoms with van der Waals surface area (Å²) in [5.41, 5.74) is 0. The molecule has 102 valence electrons. The highest BCUT2D eigenvalue weighted by Crippen LogP contribution is 2.28. The molecular formula is C11H16ClNO3S2. The highest BCUT2D eigenvalue weighted by atomic mass is 35.5. The van der Waals surface area contributed by atoms with Gasteiger partial charge in [0.2, 0.25) is 10.0 Å². The van der Waals surface area contributed by atoms with E-state index in [1.54, 1.807) is 11.4 Å². The maximum Gasteiger partial charge on any atom is 0.244 e. The number of thiophene rings is 1.